The van der Waals surface area contributed by atoms with Gasteiger partial charge in [0.15, 0.2) is 5.75 Å². The molecule has 2 aromatic rings. The van der Waals surface area contributed by atoms with Gasteiger partial charge in [0.05, 0.1) is 14.2 Å². The fraction of sp³-hybridized carbons (Fsp3) is 0.143. The number of nitrogens with zero attached hydrogens (tertiary/aromatic N) is 1. The number of aromatic nitrogens is 1. The van der Waals surface area contributed by atoms with Crippen molar-refractivity contribution in [1.29, 1.82) is 0 Å². The second-order valence-electron chi connectivity index (χ2n) is 3.68. The molecule has 1 aromatic carbocycles. The molecule has 0 N–H and O–H groups in total. The summed E-state index contributed by atoms with van der Waals surface area (Å²) in [4.78, 5) is 14.9. The number of rotatable bonds is 4. The molecule has 0 saturated carbocycles. The zero-order valence-corrected chi connectivity index (χ0v) is 10.2. The minimum atomic E-state index is 0.438. The van der Waals surface area contributed by atoms with Crippen molar-refractivity contribution >= 4 is 6.29 Å². The highest BCUT2D eigenvalue weighted by molar-refractivity contribution is 5.79. The summed E-state index contributed by atoms with van der Waals surface area (Å²) in [6, 6.07) is 9.13. The SMILES string of the molecule is COc1cc(-c2cccc(C=O)c2)cnc1OC. The zero-order valence-electron chi connectivity index (χ0n) is 10.2. The predicted octanol–water partition coefficient (Wildman–Crippen LogP) is 2.58. The van der Waals surface area contributed by atoms with Gasteiger partial charge >= 0.3 is 0 Å². The lowest BCUT2D eigenvalue weighted by atomic mass is 10.1. The molecule has 0 radical (unpaired) electrons. The molecule has 92 valence electrons. The maximum absolute atomic E-state index is 10.8. The summed E-state index contributed by atoms with van der Waals surface area (Å²) >= 11 is 0. The summed E-state index contributed by atoms with van der Waals surface area (Å²) < 4.78 is 10.3. The Morgan fingerprint density at radius 1 is 1.11 bits per heavy atom. The van der Waals surface area contributed by atoms with E-state index in [9.17, 15) is 4.79 Å². The molecule has 0 unspecified atom stereocenters. The van der Waals surface area contributed by atoms with Gasteiger partial charge in [-0.3, -0.25) is 4.79 Å². The van der Waals surface area contributed by atoms with Gasteiger partial charge in [-0.1, -0.05) is 18.2 Å². The van der Waals surface area contributed by atoms with E-state index in [-0.39, 0.29) is 0 Å². The molecule has 0 aliphatic heterocycles. The average Bonchev–Trinajstić information content (AvgIpc) is 2.46. The third kappa shape index (κ3) is 2.32. The van der Waals surface area contributed by atoms with Crippen molar-refractivity contribution in [3.8, 4) is 22.8 Å². The molecule has 1 heterocycles. The van der Waals surface area contributed by atoms with Gasteiger partial charge in [-0.2, -0.15) is 0 Å². The molecule has 0 saturated heterocycles. The highest BCUT2D eigenvalue weighted by Crippen LogP contribution is 2.29. The van der Waals surface area contributed by atoms with Crippen LogP contribution in [0.2, 0.25) is 0 Å². The first-order chi connectivity index (χ1) is 8.78. The molecule has 4 heteroatoms. The van der Waals surface area contributed by atoms with Crippen LogP contribution in [0.3, 0.4) is 0 Å². The van der Waals surface area contributed by atoms with Crippen molar-refractivity contribution in [1.82, 2.24) is 4.98 Å². The van der Waals surface area contributed by atoms with E-state index in [1.54, 1.807) is 25.4 Å². The van der Waals surface area contributed by atoms with E-state index in [0.29, 0.717) is 17.2 Å². The van der Waals surface area contributed by atoms with Crippen LogP contribution in [-0.4, -0.2) is 25.5 Å². The Labute approximate surface area is 105 Å². The van der Waals surface area contributed by atoms with Crippen molar-refractivity contribution < 1.29 is 14.3 Å². The van der Waals surface area contributed by atoms with E-state index in [0.717, 1.165) is 17.4 Å². The second-order valence-corrected chi connectivity index (χ2v) is 3.68. The van der Waals surface area contributed by atoms with E-state index < -0.39 is 0 Å². The quantitative estimate of drug-likeness (QED) is 0.774. The van der Waals surface area contributed by atoms with Gasteiger partial charge in [0.1, 0.15) is 6.29 Å². The van der Waals surface area contributed by atoms with Crippen molar-refractivity contribution in [3.63, 3.8) is 0 Å². The topological polar surface area (TPSA) is 48.4 Å². The van der Waals surface area contributed by atoms with Crippen molar-refractivity contribution in [3.05, 3.63) is 42.1 Å². The number of pyridine rings is 1. The van der Waals surface area contributed by atoms with Gasteiger partial charge in [-0.05, 0) is 17.7 Å². The normalized spacial score (nSPS) is 9.89. The number of carbonyl (C=O) groups is 1. The number of benzene rings is 1. The molecule has 18 heavy (non-hydrogen) atoms. The van der Waals surface area contributed by atoms with Crippen LogP contribution in [0.25, 0.3) is 11.1 Å². The molecule has 0 spiro atoms. The number of carbonyl (C=O) groups excluding carboxylic acids is 1. The number of aldehydes is 1. The van der Waals surface area contributed by atoms with Crippen LogP contribution in [0.15, 0.2) is 36.5 Å². The molecule has 4 nitrogen and oxygen atoms in total. The van der Waals surface area contributed by atoms with E-state index in [1.165, 1.54) is 7.11 Å². The summed E-state index contributed by atoms with van der Waals surface area (Å²) in [7, 11) is 3.10. The number of hydrogen-bond donors (Lipinski definition) is 0. The largest absolute Gasteiger partial charge is 0.491 e. The Kier molecular flexibility index (Phi) is 3.57. The molecule has 0 aliphatic rings. The lowest BCUT2D eigenvalue weighted by Gasteiger charge is -2.08. The first-order valence-electron chi connectivity index (χ1n) is 5.42. The van der Waals surface area contributed by atoms with Crippen LogP contribution < -0.4 is 9.47 Å². The summed E-state index contributed by atoms with van der Waals surface area (Å²) in [5, 5.41) is 0. The maximum atomic E-state index is 10.8. The summed E-state index contributed by atoms with van der Waals surface area (Å²) in [6.45, 7) is 0. The Hall–Kier alpha value is -2.36. The average molecular weight is 243 g/mol. The molecule has 0 fully saturated rings. The van der Waals surface area contributed by atoms with Gasteiger partial charge < -0.3 is 9.47 Å². The zero-order chi connectivity index (χ0) is 13.0. The Morgan fingerprint density at radius 2 is 1.94 bits per heavy atom. The minimum absolute atomic E-state index is 0.438. The molecule has 2 rings (SSSR count). The van der Waals surface area contributed by atoms with Crippen LogP contribution >= 0.6 is 0 Å². The number of hydrogen-bond acceptors (Lipinski definition) is 4. The fourth-order valence-electron chi connectivity index (χ4n) is 1.68. The fourth-order valence-corrected chi connectivity index (χ4v) is 1.68. The van der Waals surface area contributed by atoms with Crippen LogP contribution in [0.1, 0.15) is 10.4 Å². The Bertz CT molecular complexity index is 567. The van der Waals surface area contributed by atoms with Gasteiger partial charge in [0.2, 0.25) is 0 Å². The standard InChI is InChI=1S/C14H13NO3/c1-17-13-7-12(8-15-14(13)18-2)11-5-3-4-10(6-11)9-16/h3-9H,1-2H3. The van der Waals surface area contributed by atoms with Crippen LogP contribution in [0, 0.1) is 0 Å². The molecular formula is C14H13NO3. The molecule has 0 amide bonds. The highest BCUT2D eigenvalue weighted by atomic mass is 16.5. The van der Waals surface area contributed by atoms with Crippen molar-refractivity contribution in [2.24, 2.45) is 0 Å². The first kappa shape index (κ1) is 12.1. The summed E-state index contributed by atoms with van der Waals surface area (Å²) in [5.41, 5.74) is 2.41. The molecule has 1 aromatic heterocycles. The van der Waals surface area contributed by atoms with Gasteiger partial charge in [-0.25, -0.2) is 4.98 Å². The van der Waals surface area contributed by atoms with E-state index in [4.69, 9.17) is 9.47 Å². The maximum Gasteiger partial charge on any atom is 0.256 e. The molecule has 0 bridgehead atoms. The molecule has 0 atom stereocenters. The monoisotopic (exact) mass is 243 g/mol. The molecular weight excluding hydrogens is 230 g/mol. The van der Waals surface area contributed by atoms with E-state index in [1.807, 2.05) is 18.2 Å². The van der Waals surface area contributed by atoms with E-state index >= 15 is 0 Å². The third-order valence-corrected chi connectivity index (χ3v) is 2.59. The Balaban J connectivity index is 2.47. The summed E-state index contributed by atoms with van der Waals surface area (Å²) in [6.07, 6.45) is 2.50. The van der Waals surface area contributed by atoms with Crippen LogP contribution in [0.4, 0.5) is 0 Å². The van der Waals surface area contributed by atoms with Gasteiger partial charge in [0.25, 0.3) is 5.88 Å². The van der Waals surface area contributed by atoms with E-state index in [2.05, 4.69) is 4.98 Å². The second kappa shape index (κ2) is 5.31. The smallest absolute Gasteiger partial charge is 0.256 e. The van der Waals surface area contributed by atoms with Crippen molar-refractivity contribution in [2.45, 2.75) is 0 Å². The first-order valence-corrected chi connectivity index (χ1v) is 5.42. The lowest BCUT2D eigenvalue weighted by Crippen LogP contribution is -1.94. The third-order valence-electron chi connectivity index (χ3n) is 2.59. The molecule has 0 aliphatic carbocycles. The predicted molar refractivity (Wildman–Crippen MR) is 68.2 cm³/mol. The number of methoxy groups -OCH3 is 2. The van der Waals surface area contributed by atoms with Crippen LogP contribution in [-0.2, 0) is 0 Å². The van der Waals surface area contributed by atoms with Gasteiger partial charge in [-0.15, -0.1) is 0 Å². The Morgan fingerprint density at radius 3 is 2.61 bits per heavy atom. The highest BCUT2D eigenvalue weighted by Gasteiger charge is 2.07. The minimum Gasteiger partial charge on any atom is -0.491 e. The van der Waals surface area contributed by atoms with Gasteiger partial charge in [0, 0.05) is 17.3 Å². The van der Waals surface area contributed by atoms with Crippen molar-refractivity contribution in [2.75, 3.05) is 14.2 Å². The lowest BCUT2D eigenvalue weighted by molar-refractivity contribution is 0.112. The summed E-state index contributed by atoms with van der Waals surface area (Å²) in [5.74, 6) is 0.999. The number of ether oxygens (including phenoxy) is 2. The van der Waals surface area contributed by atoms with Crippen LogP contribution in [0.5, 0.6) is 11.6 Å².